The maximum absolute atomic E-state index is 5.64. The van der Waals surface area contributed by atoms with Crippen LogP contribution in [0.2, 0.25) is 0 Å². The third kappa shape index (κ3) is 4.54. The topological polar surface area (TPSA) is 55.3 Å². The molecule has 6 nitrogen and oxygen atoms in total. The van der Waals surface area contributed by atoms with Crippen molar-refractivity contribution in [3.63, 3.8) is 0 Å². The molecule has 1 unspecified atom stereocenters. The van der Waals surface area contributed by atoms with Gasteiger partial charge < -0.3 is 24.4 Å². The highest BCUT2D eigenvalue weighted by Gasteiger charge is 2.42. The van der Waals surface area contributed by atoms with Gasteiger partial charge in [-0.3, -0.25) is 0 Å². The third-order valence-corrected chi connectivity index (χ3v) is 5.14. The van der Waals surface area contributed by atoms with Crippen LogP contribution < -0.4 is 14.8 Å². The van der Waals surface area contributed by atoms with Gasteiger partial charge in [0, 0.05) is 37.2 Å². The molecule has 2 heterocycles. The van der Waals surface area contributed by atoms with Gasteiger partial charge in [-0.1, -0.05) is 12.1 Å². The molecule has 0 aliphatic carbocycles. The summed E-state index contributed by atoms with van der Waals surface area (Å²) in [5.74, 6) is 2.46. The fourth-order valence-electron chi connectivity index (χ4n) is 3.75. The Kier molecular flexibility index (Phi) is 7.82. The molecule has 2 fully saturated rings. The lowest BCUT2D eigenvalue weighted by Gasteiger charge is -2.25. The molecule has 3 rings (SSSR count). The molecule has 0 bridgehead atoms. The standard InChI is InChI=1S/C19H29N3O3.HI/c1-4-20-18(22-10-8-19(13-22)9-11-25-14-19)21-12-15-6-5-7-16(23-2)17(15)24-3;/h5-7H,4,8-14H2,1-3H3,(H,20,21);1H. The van der Waals surface area contributed by atoms with E-state index in [1.165, 1.54) is 6.42 Å². The van der Waals surface area contributed by atoms with Crippen molar-refractivity contribution in [3.05, 3.63) is 23.8 Å². The number of rotatable bonds is 5. The minimum atomic E-state index is 0. The second kappa shape index (κ2) is 9.64. The molecule has 1 aromatic carbocycles. The largest absolute Gasteiger partial charge is 0.493 e. The van der Waals surface area contributed by atoms with E-state index >= 15 is 0 Å². The van der Waals surface area contributed by atoms with Gasteiger partial charge in [0.25, 0.3) is 0 Å². The number of likely N-dealkylation sites (tertiary alicyclic amines) is 1. The van der Waals surface area contributed by atoms with Crippen LogP contribution in [-0.4, -0.2) is 57.9 Å². The van der Waals surface area contributed by atoms with E-state index in [9.17, 15) is 0 Å². The summed E-state index contributed by atoms with van der Waals surface area (Å²) >= 11 is 0. The van der Waals surface area contributed by atoms with Crippen molar-refractivity contribution in [3.8, 4) is 11.5 Å². The molecular weight excluding hydrogens is 445 g/mol. The van der Waals surface area contributed by atoms with Crippen molar-refractivity contribution < 1.29 is 14.2 Å². The van der Waals surface area contributed by atoms with Crippen LogP contribution in [0.3, 0.4) is 0 Å². The zero-order chi connectivity index (χ0) is 17.7. The number of hydrogen-bond donors (Lipinski definition) is 1. The highest BCUT2D eigenvalue weighted by Crippen LogP contribution is 2.38. The van der Waals surface area contributed by atoms with Crippen LogP contribution in [0.25, 0.3) is 0 Å². The first kappa shape index (κ1) is 21.1. The van der Waals surface area contributed by atoms with Gasteiger partial charge in [0.15, 0.2) is 17.5 Å². The molecule has 2 aliphatic rings. The number of guanidine groups is 1. The van der Waals surface area contributed by atoms with Crippen molar-refractivity contribution in [2.75, 3.05) is 47.1 Å². The summed E-state index contributed by atoms with van der Waals surface area (Å²) in [5, 5.41) is 3.43. The van der Waals surface area contributed by atoms with Gasteiger partial charge in [0.2, 0.25) is 0 Å². The average Bonchev–Trinajstić information content (AvgIpc) is 3.28. The van der Waals surface area contributed by atoms with Crippen molar-refractivity contribution in [2.45, 2.75) is 26.3 Å². The Morgan fingerprint density at radius 3 is 2.81 bits per heavy atom. The second-order valence-electron chi connectivity index (χ2n) is 6.80. The summed E-state index contributed by atoms with van der Waals surface area (Å²) in [7, 11) is 3.32. The van der Waals surface area contributed by atoms with Crippen LogP contribution in [0.15, 0.2) is 23.2 Å². The predicted molar refractivity (Wildman–Crippen MR) is 114 cm³/mol. The summed E-state index contributed by atoms with van der Waals surface area (Å²) in [4.78, 5) is 7.23. The van der Waals surface area contributed by atoms with Crippen LogP contribution in [-0.2, 0) is 11.3 Å². The number of nitrogens with one attached hydrogen (secondary N) is 1. The van der Waals surface area contributed by atoms with E-state index in [1.807, 2.05) is 18.2 Å². The van der Waals surface area contributed by atoms with Gasteiger partial charge in [0.1, 0.15) is 0 Å². The Morgan fingerprint density at radius 1 is 1.31 bits per heavy atom. The lowest BCUT2D eigenvalue weighted by atomic mass is 9.87. The Hall–Kier alpha value is -1.22. The maximum atomic E-state index is 5.64. The van der Waals surface area contributed by atoms with E-state index in [0.717, 1.165) is 62.3 Å². The van der Waals surface area contributed by atoms with Crippen LogP contribution in [0, 0.1) is 5.41 Å². The first-order chi connectivity index (χ1) is 12.2. The van der Waals surface area contributed by atoms with Gasteiger partial charge in [-0.2, -0.15) is 0 Å². The van der Waals surface area contributed by atoms with E-state index in [0.29, 0.717) is 12.0 Å². The molecule has 1 aromatic rings. The van der Waals surface area contributed by atoms with E-state index < -0.39 is 0 Å². The normalized spacial score (nSPS) is 22.4. The van der Waals surface area contributed by atoms with E-state index in [1.54, 1.807) is 14.2 Å². The van der Waals surface area contributed by atoms with Crippen molar-refractivity contribution in [2.24, 2.45) is 10.4 Å². The van der Waals surface area contributed by atoms with Gasteiger partial charge in [-0.25, -0.2) is 4.99 Å². The molecule has 7 heteroatoms. The monoisotopic (exact) mass is 475 g/mol. The molecular formula is C19H30IN3O3. The Morgan fingerprint density at radius 2 is 2.15 bits per heavy atom. The van der Waals surface area contributed by atoms with E-state index in [-0.39, 0.29) is 24.0 Å². The summed E-state index contributed by atoms with van der Waals surface area (Å²) in [6.45, 7) is 7.34. The van der Waals surface area contributed by atoms with Crippen molar-refractivity contribution in [1.29, 1.82) is 0 Å². The molecule has 2 aliphatic heterocycles. The molecule has 1 N–H and O–H groups in total. The van der Waals surface area contributed by atoms with Gasteiger partial charge in [-0.05, 0) is 25.8 Å². The van der Waals surface area contributed by atoms with Crippen LogP contribution in [0.5, 0.6) is 11.5 Å². The number of para-hydroxylation sites is 1. The first-order valence-corrected chi connectivity index (χ1v) is 9.02. The molecule has 26 heavy (non-hydrogen) atoms. The minimum absolute atomic E-state index is 0. The summed E-state index contributed by atoms with van der Waals surface area (Å²) < 4.78 is 16.5. The van der Waals surface area contributed by atoms with Gasteiger partial charge in [-0.15, -0.1) is 24.0 Å². The first-order valence-electron chi connectivity index (χ1n) is 9.02. The van der Waals surface area contributed by atoms with Gasteiger partial charge >= 0.3 is 0 Å². The Bertz CT molecular complexity index is 618. The van der Waals surface area contributed by atoms with Crippen LogP contribution in [0.1, 0.15) is 25.3 Å². The van der Waals surface area contributed by atoms with Crippen LogP contribution in [0.4, 0.5) is 0 Å². The molecule has 0 aromatic heterocycles. The molecule has 0 amide bonds. The quantitative estimate of drug-likeness (QED) is 0.404. The van der Waals surface area contributed by atoms with Crippen LogP contribution >= 0.6 is 24.0 Å². The molecule has 1 atom stereocenters. The highest BCUT2D eigenvalue weighted by atomic mass is 127. The molecule has 146 valence electrons. The Labute approximate surface area is 173 Å². The molecule has 0 radical (unpaired) electrons. The number of methoxy groups -OCH3 is 2. The van der Waals surface area contributed by atoms with Crippen molar-refractivity contribution >= 4 is 29.9 Å². The lowest BCUT2D eigenvalue weighted by Crippen LogP contribution is -2.41. The average molecular weight is 475 g/mol. The fourth-order valence-corrected chi connectivity index (χ4v) is 3.75. The maximum Gasteiger partial charge on any atom is 0.194 e. The third-order valence-electron chi connectivity index (χ3n) is 5.14. The SMILES string of the molecule is CCNC(=NCc1cccc(OC)c1OC)N1CCC2(CCOC2)C1.I. The number of benzene rings is 1. The number of hydrogen-bond acceptors (Lipinski definition) is 4. The van der Waals surface area contributed by atoms with Gasteiger partial charge in [0.05, 0.1) is 27.4 Å². The zero-order valence-corrected chi connectivity index (χ0v) is 18.2. The molecule has 2 saturated heterocycles. The summed E-state index contributed by atoms with van der Waals surface area (Å²) in [6.07, 6.45) is 2.34. The molecule has 1 spiro atoms. The molecule has 0 saturated carbocycles. The number of nitrogens with zero attached hydrogens (tertiary/aromatic N) is 2. The number of ether oxygens (including phenoxy) is 3. The number of aliphatic imine (C=N–C) groups is 1. The lowest BCUT2D eigenvalue weighted by molar-refractivity contribution is 0.156. The smallest absolute Gasteiger partial charge is 0.194 e. The number of halogens is 1. The van der Waals surface area contributed by atoms with Crippen molar-refractivity contribution in [1.82, 2.24) is 10.2 Å². The van der Waals surface area contributed by atoms with E-state index in [2.05, 4.69) is 17.1 Å². The minimum Gasteiger partial charge on any atom is -0.493 e. The highest BCUT2D eigenvalue weighted by molar-refractivity contribution is 14.0. The summed E-state index contributed by atoms with van der Waals surface area (Å²) in [5.41, 5.74) is 1.35. The second-order valence-corrected chi connectivity index (χ2v) is 6.80. The predicted octanol–water partition coefficient (Wildman–Crippen LogP) is 2.90. The fraction of sp³-hybridized carbons (Fsp3) is 0.632. The summed E-state index contributed by atoms with van der Waals surface area (Å²) in [6, 6.07) is 5.91. The Balaban J connectivity index is 0.00000243. The zero-order valence-electron chi connectivity index (χ0n) is 15.9. The van der Waals surface area contributed by atoms with E-state index in [4.69, 9.17) is 19.2 Å².